The van der Waals surface area contributed by atoms with Gasteiger partial charge in [0.1, 0.15) is 0 Å². The molecule has 0 bridgehead atoms. The van der Waals surface area contributed by atoms with Gasteiger partial charge in [-0.2, -0.15) is 0 Å². The third kappa shape index (κ3) is 2.39. The van der Waals surface area contributed by atoms with Crippen LogP contribution in [0.1, 0.15) is 10.3 Å². The fourth-order valence-corrected chi connectivity index (χ4v) is 2.63. The molecule has 0 aromatic carbocycles. The van der Waals surface area contributed by atoms with E-state index in [1.165, 1.54) is 12.1 Å². The Bertz CT molecular complexity index is 391. The molecule has 0 radical (unpaired) electrons. The fourth-order valence-electron chi connectivity index (χ4n) is 0.752. The van der Waals surface area contributed by atoms with Crippen LogP contribution < -0.4 is 0 Å². The largest absolute Gasteiger partial charge is 0.341 e. The lowest BCUT2D eigenvalue weighted by Crippen LogP contribution is -2.10. The van der Waals surface area contributed by atoms with Crippen LogP contribution in [-0.4, -0.2) is 13.3 Å². The van der Waals surface area contributed by atoms with E-state index in [4.69, 9.17) is 11.6 Å². The first-order valence-corrected chi connectivity index (χ1v) is 5.48. The lowest BCUT2D eigenvalue weighted by Gasteiger charge is -1.97. The molecular weight excluding hydrogens is 238 g/mol. The van der Waals surface area contributed by atoms with E-state index >= 15 is 0 Å². The highest BCUT2D eigenvalue weighted by atomic mass is 35.5. The van der Waals surface area contributed by atoms with Crippen molar-refractivity contribution < 1.29 is 13.3 Å². The molecule has 0 aliphatic carbocycles. The molecule has 0 spiro atoms. The molecule has 72 valence electrons. The van der Waals surface area contributed by atoms with E-state index in [0.717, 1.165) is 11.3 Å². The van der Waals surface area contributed by atoms with Crippen LogP contribution in [0.25, 0.3) is 0 Å². The highest BCUT2D eigenvalue weighted by Gasteiger charge is 2.27. The van der Waals surface area contributed by atoms with Gasteiger partial charge in [-0.3, -0.25) is 10.1 Å². The predicted molar refractivity (Wildman–Crippen MR) is 49.4 cm³/mol. The summed E-state index contributed by atoms with van der Waals surface area (Å²) in [5.41, 5.74) is 0. The van der Waals surface area contributed by atoms with Crippen molar-refractivity contribution in [2.75, 3.05) is 0 Å². The number of rotatable bonds is 3. The number of nitrogens with zero attached hydrogens (tertiary/aromatic N) is 1. The van der Waals surface area contributed by atoms with Gasteiger partial charge in [0, 0.05) is 4.92 Å². The molecule has 0 saturated heterocycles. The van der Waals surface area contributed by atoms with Gasteiger partial charge in [0.15, 0.2) is 0 Å². The lowest BCUT2D eigenvalue weighted by atomic mass is 10.5. The summed E-state index contributed by atoms with van der Waals surface area (Å²) in [5.74, 6) is 0. The van der Waals surface area contributed by atoms with E-state index in [1.54, 1.807) is 0 Å². The monoisotopic (exact) mass is 241 g/mol. The van der Waals surface area contributed by atoms with Crippen LogP contribution in [-0.2, 0) is 10.7 Å². The van der Waals surface area contributed by atoms with Crippen molar-refractivity contribution in [1.29, 1.82) is 0 Å². The summed E-state index contributed by atoms with van der Waals surface area (Å²) in [5, 5.41) is 8.66. The molecule has 1 aromatic heterocycles. The summed E-state index contributed by atoms with van der Waals surface area (Å²) >= 11 is 6.41. The summed E-state index contributed by atoms with van der Waals surface area (Å²) in [6, 6.07) is 2.77. The minimum atomic E-state index is -3.11. The van der Waals surface area contributed by atoms with Gasteiger partial charge >= 0.3 is 5.37 Å². The minimum absolute atomic E-state index is 0.131. The number of hydrogen-bond acceptors (Lipinski definition) is 5. The number of nitro groups is 1. The third-order valence-electron chi connectivity index (χ3n) is 1.25. The Hall–Kier alpha value is -0.660. The van der Waals surface area contributed by atoms with E-state index in [9.17, 15) is 18.5 Å². The topological polar surface area (TPSA) is 77.3 Å². The van der Waals surface area contributed by atoms with Crippen molar-refractivity contribution >= 4 is 33.6 Å². The molecule has 0 N–H and O–H groups in total. The molecule has 1 rings (SSSR count). The molecule has 8 heteroatoms. The average Bonchev–Trinajstić information content (AvgIpc) is 2.34. The highest BCUT2D eigenvalue weighted by molar-refractivity contribution is 7.72. The first kappa shape index (κ1) is 10.4. The molecule has 5 nitrogen and oxygen atoms in total. The number of halogens is 1. The second kappa shape index (κ2) is 4.03. The van der Waals surface area contributed by atoms with Crippen molar-refractivity contribution in [1.82, 2.24) is 0 Å². The highest BCUT2D eigenvalue weighted by Crippen LogP contribution is 2.28. The van der Waals surface area contributed by atoms with Crippen LogP contribution in [0, 0.1) is 10.1 Å². The van der Waals surface area contributed by atoms with Crippen molar-refractivity contribution in [2.24, 2.45) is 0 Å². The molecule has 1 unspecified atom stereocenters. The van der Waals surface area contributed by atoms with Crippen LogP contribution in [0.2, 0.25) is 4.34 Å². The predicted octanol–water partition coefficient (Wildman–Crippen LogP) is 1.29. The van der Waals surface area contributed by atoms with Gasteiger partial charge in [0.05, 0.1) is 9.21 Å². The zero-order valence-corrected chi connectivity index (χ0v) is 8.51. The van der Waals surface area contributed by atoms with Crippen LogP contribution in [0.4, 0.5) is 0 Å². The molecule has 1 aromatic rings. The third-order valence-corrected chi connectivity index (χ3v) is 3.57. The Kier molecular flexibility index (Phi) is 3.23. The van der Waals surface area contributed by atoms with Gasteiger partial charge in [0.2, 0.25) is 10.7 Å². The van der Waals surface area contributed by atoms with Crippen LogP contribution in [0.3, 0.4) is 0 Å². The molecule has 1 atom stereocenters. The Balaban J connectivity index is 3.09. The maximum atomic E-state index is 10.5. The normalized spacial score (nSPS) is 13.1. The van der Waals surface area contributed by atoms with Crippen LogP contribution in [0.15, 0.2) is 12.1 Å². The fraction of sp³-hybridized carbons (Fsp3) is 0.200. The Labute approximate surface area is 84.1 Å². The molecule has 0 aliphatic heterocycles. The Morgan fingerprint density at radius 3 is 2.46 bits per heavy atom. The molecule has 13 heavy (non-hydrogen) atoms. The maximum absolute atomic E-state index is 10.5. The lowest BCUT2D eigenvalue weighted by molar-refractivity contribution is -0.501. The van der Waals surface area contributed by atoms with Gasteiger partial charge in [0.25, 0.3) is 0 Å². The van der Waals surface area contributed by atoms with E-state index in [0.29, 0.717) is 4.34 Å². The molecule has 1 heterocycles. The number of thiol groups is 1. The average molecular weight is 242 g/mol. The zero-order chi connectivity index (χ0) is 10.0. The number of thiophene rings is 1. The van der Waals surface area contributed by atoms with E-state index in [1.807, 2.05) is 0 Å². The van der Waals surface area contributed by atoms with Gasteiger partial charge in [-0.25, -0.2) is 8.42 Å². The summed E-state index contributed by atoms with van der Waals surface area (Å²) in [6.45, 7) is 0. The van der Waals surface area contributed by atoms with Crippen LogP contribution >= 0.6 is 22.9 Å². The zero-order valence-electron chi connectivity index (χ0n) is 6.05. The standard InChI is InChI=1S/C5H4ClNO4S2/c6-4-2-1-3(12-4)5(7(8)9)13(10)11/h1-2,5,13H. The molecular formula is C5H4ClNO4S2. The first-order chi connectivity index (χ1) is 6.02. The summed E-state index contributed by atoms with van der Waals surface area (Å²) in [6.07, 6.45) is 0. The van der Waals surface area contributed by atoms with Crippen molar-refractivity contribution in [2.45, 2.75) is 5.37 Å². The van der Waals surface area contributed by atoms with Crippen molar-refractivity contribution in [3.05, 3.63) is 31.5 Å². The minimum Gasteiger partial charge on any atom is -0.263 e. The molecule has 0 aliphatic rings. The summed E-state index contributed by atoms with van der Waals surface area (Å²) < 4.78 is 21.4. The van der Waals surface area contributed by atoms with Gasteiger partial charge in [-0.05, 0) is 12.1 Å². The van der Waals surface area contributed by atoms with Crippen molar-refractivity contribution in [3.8, 4) is 0 Å². The second-order valence-corrected chi connectivity index (χ2v) is 4.89. The Morgan fingerprint density at radius 1 is 1.54 bits per heavy atom. The van der Waals surface area contributed by atoms with E-state index in [-0.39, 0.29) is 4.88 Å². The first-order valence-electron chi connectivity index (χ1n) is 3.04. The van der Waals surface area contributed by atoms with Crippen molar-refractivity contribution in [3.63, 3.8) is 0 Å². The quantitative estimate of drug-likeness (QED) is 0.491. The summed E-state index contributed by atoms with van der Waals surface area (Å²) in [4.78, 5) is 9.61. The van der Waals surface area contributed by atoms with Gasteiger partial charge in [-0.1, -0.05) is 11.6 Å². The second-order valence-electron chi connectivity index (χ2n) is 2.09. The SMILES string of the molecule is O=[N+]([O-])C(c1ccc(Cl)s1)[SH](=O)=O. The van der Waals surface area contributed by atoms with E-state index in [2.05, 4.69) is 0 Å². The molecule has 0 fully saturated rings. The molecule has 0 amide bonds. The summed E-state index contributed by atoms with van der Waals surface area (Å²) in [7, 11) is -3.11. The van der Waals surface area contributed by atoms with Gasteiger partial charge in [-0.15, -0.1) is 11.3 Å². The number of hydrogen-bond donors (Lipinski definition) is 1. The smallest absolute Gasteiger partial charge is 0.263 e. The van der Waals surface area contributed by atoms with E-state index < -0.39 is 21.0 Å². The Morgan fingerprint density at radius 2 is 2.15 bits per heavy atom. The van der Waals surface area contributed by atoms with Gasteiger partial charge < -0.3 is 0 Å². The molecule has 0 saturated carbocycles. The van der Waals surface area contributed by atoms with Crippen LogP contribution in [0.5, 0.6) is 0 Å². The maximum Gasteiger partial charge on any atom is 0.341 e.